The molecule has 0 aromatic heterocycles. The van der Waals surface area contributed by atoms with Crippen molar-refractivity contribution in [3.8, 4) is 0 Å². The van der Waals surface area contributed by atoms with Gasteiger partial charge in [-0.25, -0.2) is 0 Å². The van der Waals surface area contributed by atoms with Crippen LogP contribution in [0.15, 0.2) is 78.9 Å². The van der Waals surface area contributed by atoms with Crippen molar-refractivity contribution >= 4 is 17.6 Å². The first-order valence-corrected chi connectivity index (χ1v) is 8.45. The van der Waals surface area contributed by atoms with Gasteiger partial charge in [0.05, 0.1) is 0 Å². The summed E-state index contributed by atoms with van der Waals surface area (Å²) in [5.74, 6) is 0. The molecule has 2 N–H and O–H groups in total. The zero-order valence-electron chi connectivity index (χ0n) is 14.4. The second-order valence-corrected chi connectivity index (χ2v) is 5.99. The average Bonchev–Trinajstić information content (AvgIpc) is 2.68. The molecule has 0 aliphatic rings. The fourth-order valence-corrected chi connectivity index (χ4v) is 2.94. The second-order valence-electron chi connectivity index (χ2n) is 5.99. The summed E-state index contributed by atoms with van der Waals surface area (Å²) in [6.07, 6.45) is 1.40. The Morgan fingerprint density at radius 3 is 1.88 bits per heavy atom. The van der Waals surface area contributed by atoms with E-state index in [0.29, 0.717) is 0 Å². The maximum Gasteiger partial charge on any atom is 0.0433 e. The van der Waals surface area contributed by atoms with E-state index in [1.165, 1.54) is 17.3 Å². The molecule has 0 amide bonds. The molecule has 0 fully saturated rings. The molecule has 3 aromatic carbocycles. The molecule has 0 saturated carbocycles. The SMILES string of the molecule is CNc1ccc(N(Cc2ccccc2)Cc2ccccc2)cc1C=N. The van der Waals surface area contributed by atoms with Crippen LogP contribution in [0.5, 0.6) is 0 Å². The maximum atomic E-state index is 7.68. The minimum Gasteiger partial charge on any atom is -0.388 e. The highest BCUT2D eigenvalue weighted by Crippen LogP contribution is 2.25. The lowest BCUT2D eigenvalue weighted by molar-refractivity contribution is 0.800. The summed E-state index contributed by atoms with van der Waals surface area (Å²) in [6, 6.07) is 27.2. The number of hydrogen-bond donors (Lipinski definition) is 2. The standard InChI is InChI=1S/C22H23N3/c1-24-22-13-12-21(14-20(22)15-23)25(16-18-8-4-2-5-9-18)17-19-10-6-3-7-11-19/h2-15,23-24H,16-17H2,1H3. The highest BCUT2D eigenvalue weighted by Gasteiger charge is 2.10. The van der Waals surface area contributed by atoms with Crippen molar-refractivity contribution in [2.45, 2.75) is 13.1 Å². The molecule has 3 rings (SSSR count). The minimum absolute atomic E-state index is 0.825. The predicted molar refractivity (Wildman–Crippen MR) is 107 cm³/mol. The van der Waals surface area contributed by atoms with Gasteiger partial charge >= 0.3 is 0 Å². The van der Waals surface area contributed by atoms with Gasteiger partial charge in [0.1, 0.15) is 0 Å². The van der Waals surface area contributed by atoms with Crippen LogP contribution in [-0.2, 0) is 13.1 Å². The summed E-state index contributed by atoms with van der Waals surface area (Å²) >= 11 is 0. The Balaban J connectivity index is 1.94. The van der Waals surface area contributed by atoms with E-state index in [1.807, 2.05) is 25.2 Å². The van der Waals surface area contributed by atoms with Gasteiger partial charge in [-0.15, -0.1) is 0 Å². The van der Waals surface area contributed by atoms with Gasteiger partial charge in [-0.3, -0.25) is 0 Å². The molecule has 0 saturated heterocycles. The largest absolute Gasteiger partial charge is 0.388 e. The lowest BCUT2D eigenvalue weighted by Gasteiger charge is -2.26. The molecule has 3 heteroatoms. The molecule has 0 unspecified atom stereocenters. The number of rotatable bonds is 7. The number of anilines is 2. The second kappa shape index (κ2) is 8.15. The molecule has 0 heterocycles. The topological polar surface area (TPSA) is 39.1 Å². The van der Waals surface area contributed by atoms with Crippen molar-refractivity contribution in [3.63, 3.8) is 0 Å². The molecular weight excluding hydrogens is 306 g/mol. The van der Waals surface area contributed by atoms with Gasteiger partial charge < -0.3 is 15.6 Å². The molecule has 0 spiro atoms. The highest BCUT2D eigenvalue weighted by molar-refractivity contribution is 5.87. The molecule has 0 radical (unpaired) electrons. The van der Waals surface area contributed by atoms with Crippen LogP contribution in [0.3, 0.4) is 0 Å². The Hall–Kier alpha value is -3.07. The van der Waals surface area contributed by atoms with Gasteiger partial charge in [-0.2, -0.15) is 0 Å². The molecule has 25 heavy (non-hydrogen) atoms. The normalized spacial score (nSPS) is 10.3. The summed E-state index contributed by atoms with van der Waals surface area (Å²) in [7, 11) is 1.88. The van der Waals surface area contributed by atoms with Crippen molar-refractivity contribution in [2.24, 2.45) is 0 Å². The summed E-state index contributed by atoms with van der Waals surface area (Å²) < 4.78 is 0. The van der Waals surface area contributed by atoms with Gasteiger partial charge in [-0.1, -0.05) is 60.7 Å². The van der Waals surface area contributed by atoms with Crippen molar-refractivity contribution in [2.75, 3.05) is 17.3 Å². The molecular formula is C22H23N3. The van der Waals surface area contributed by atoms with E-state index in [4.69, 9.17) is 5.41 Å². The fraction of sp³-hybridized carbons (Fsp3) is 0.136. The molecule has 3 aromatic rings. The maximum absolute atomic E-state index is 7.68. The Labute approximate surface area is 149 Å². The van der Waals surface area contributed by atoms with E-state index < -0.39 is 0 Å². The van der Waals surface area contributed by atoms with Crippen LogP contribution in [0.1, 0.15) is 16.7 Å². The number of nitrogens with one attached hydrogen (secondary N) is 2. The molecule has 0 aliphatic heterocycles. The van der Waals surface area contributed by atoms with Crippen LogP contribution >= 0.6 is 0 Å². The number of benzene rings is 3. The van der Waals surface area contributed by atoms with E-state index >= 15 is 0 Å². The van der Waals surface area contributed by atoms with Gasteiger partial charge in [-0.05, 0) is 29.3 Å². The lowest BCUT2D eigenvalue weighted by atomic mass is 10.1. The van der Waals surface area contributed by atoms with Gasteiger partial charge in [0.25, 0.3) is 0 Å². The Morgan fingerprint density at radius 2 is 1.40 bits per heavy atom. The van der Waals surface area contributed by atoms with Gasteiger partial charge in [0.2, 0.25) is 0 Å². The van der Waals surface area contributed by atoms with E-state index in [9.17, 15) is 0 Å². The van der Waals surface area contributed by atoms with Gasteiger partial charge in [0, 0.05) is 43.3 Å². The first kappa shape index (κ1) is 16.8. The van der Waals surface area contributed by atoms with Gasteiger partial charge in [0.15, 0.2) is 0 Å². The summed E-state index contributed by atoms with van der Waals surface area (Å²) in [5.41, 5.74) is 5.52. The van der Waals surface area contributed by atoms with E-state index in [2.05, 4.69) is 70.9 Å². The third kappa shape index (κ3) is 4.27. The van der Waals surface area contributed by atoms with Crippen LogP contribution in [-0.4, -0.2) is 13.3 Å². The van der Waals surface area contributed by atoms with Crippen molar-refractivity contribution in [1.82, 2.24) is 0 Å². The zero-order valence-corrected chi connectivity index (χ0v) is 14.4. The molecule has 126 valence electrons. The third-order valence-corrected chi connectivity index (χ3v) is 4.26. The van der Waals surface area contributed by atoms with Crippen molar-refractivity contribution in [1.29, 1.82) is 5.41 Å². The molecule has 0 atom stereocenters. The van der Waals surface area contributed by atoms with E-state index in [0.717, 1.165) is 30.0 Å². The van der Waals surface area contributed by atoms with Crippen LogP contribution in [0.4, 0.5) is 11.4 Å². The first-order chi connectivity index (χ1) is 12.3. The number of hydrogen-bond acceptors (Lipinski definition) is 3. The van der Waals surface area contributed by atoms with Crippen LogP contribution in [0.25, 0.3) is 0 Å². The van der Waals surface area contributed by atoms with Crippen LogP contribution in [0.2, 0.25) is 0 Å². The Bertz CT molecular complexity index is 772. The predicted octanol–water partition coefficient (Wildman–Crippen LogP) is 4.93. The van der Waals surface area contributed by atoms with E-state index in [1.54, 1.807) is 0 Å². The fourth-order valence-electron chi connectivity index (χ4n) is 2.94. The smallest absolute Gasteiger partial charge is 0.0433 e. The third-order valence-electron chi connectivity index (χ3n) is 4.26. The first-order valence-electron chi connectivity index (χ1n) is 8.45. The summed E-state index contributed by atoms with van der Waals surface area (Å²) in [4.78, 5) is 2.34. The molecule has 0 bridgehead atoms. The molecule has 0 aliphatic carbocycles. The monoisotopic (exact) mass is 329 g/mol. The molecule has 3 nitrogen and oxygen atoms in total. The number of nitrogens with zero attached hydrogens (tertiary/aromatic N) is 1. The van der Waals surface area contributed by atoms with Crippen LogP contribution < -0.4 is 10.2 Å². The van der Waals surface area contributed by atoms with Crippen molar-refractivity contribution < 1.29 is 0 Å². The zero-order chi connectivity index (χ0) is 17.5. The highest BCUT2D eigenvalue weighted by atomic mass is 15.1. The van der Waals surface area contributed by atoms with Crippen LogP contribution in [0, 0.1) is 5.41 Å². The van der Waals surface area contributed by atoms with E-state index in [-0.39, 0.29) is 0 Å². The summed E-state index contributed by atoms with van der Waals surface area (Å²) in [5, 5.41) is 10.8. The van der Waals surface area contributed by atoms with Crippen molar-refractivity contribution in [3.05, 3.63) is 95.6 Å². The Kier molecular flexibility index (Phi) is 5.47. The minimum atomic E-state index is 0.825. The lowest BCUT2D eigenvalue weighted by Crippen LogP contribution is -2.22. The summed E-state index contributed by atoms with van der Waals surface area (Å²) in [6.45, 7) is 1.65. The Morgan fingerprint density at radius 1 is 0.840 bits per heavy atom. The quantitative estimate of drug-likeness (QED) is 0.603. The average molecular weight is 329 g/mol.